The lowest BCUT2D eigenvalue weighted by atomic mass is 10.3. The van der Waals surface area contributed by atoms with Crippen LogP contribution in [0.25, 0.3) is 0 Å². The Kier molecular flexibility index (Phi) is 3.52. The van der Waals surface area contributed by atoms with E-state index in [0.717, 1.165) is 5.69 Å². The van der Waals surface area contributed by atoms with E-state index < -0.39 is 0 Å². The molecule has 0 radical (unpaired) electrons. The number of anilines is 2. The molecule has 0 saturated heterocycles. The Morgan fingerprint density at radius 3 is 3.00 bits per heavy atom. The zero-order valence-corrected chi connectivity index (χ0v) is 7.75. The van der Waals surface area contributed by atoms with E-state index in [2.05, 4.69) is 10.3 Å². The summed E-state index contributed by atoms with van der Waals surface area (Å²) in [6, 6.07) is 3.69. The third kappa shape index (κ3) is 2.91. The van der Waals surface area contributed by atoms with Crippen molar-refractivity contribution >= 4 is 11.5 Å². The van der Waals surface area contributed by atoms with Gasteiger partial charge in [0.05, 0.1) is 5.69 Å². The van der Waals surface area contributed by atoms with E-state index in [1.807, 2.05) is 19.1 Å². The van der Waals surface area contributed by atoms with Crippen LogP contribution in [0.5, 0.6) is 0 Å². The molecule has 72 valence electrons. The second kappa shape index (κ2) is 4.67. The maximum atomic E-state index is 8.58. The number of nitrogens with one attached hydrogen (secondary N) is 1. The van der Waals surface area contributed by atoms with Crippen LogP contribution < -0.4 is 11.1 Å². The number of aromatic nitrogens is 1. The lowest BCUT2D eigenvalue weighted by molar-refractivity contribution is 0.292. The molecule has 4 nitrogen and oxygen atoms in total. The molecule has 1 aromatic rings. The second-order valence-electron chi connectivity index (χ2n) is 2.89. The second-order valence-corrected chi connectivity index (χ2v) is 2.89. The predicted octanol–water partition coefficient (Wildman–Crippen LogP) is 0.767. The van der Waals surface area contributed by atoms with Crippen LogP contribution in [-0.4, -0.2) is 23.2 Å². The Balaban J connectivity index is 2.59. The fourth-order valence-electron chi connectivity index (χ4n) is 0.995. The summed E-state index contributed by atoms with van der Waals surface area (Å²) in [7, 11) is 0. The number of aliphatic hydroxyl groups excluding tert-OH is 1. The van der Waals surface area contributed by atoms with Crippen molar-refractivity contribution < 1.29 is 5.11 Å². The molecule has 0 amide bonds. The zero-order valence-electron chi connectivity index (χ0n) is 7.75. The molecule has 0 aliphatic carbocycles. The Labute approximate surface area is 77.8 Å². The van der Waals surface area contributed by atoms with Gasteiger partial charge < -0.3 is 16.2 Å². The van der Waals surface area contributed by atoms with Gasteiger partial charge in [0.2, 0.25) is 0 Å². The fourth-order valence-corrected chi connectivity index (χ4v) is 0.995. The summed E-state index contributed by atoms with van der Waals surface area (Å²) >= 11 is 0. The predicted molar refractivity (Wildman–Crippen MR) is 53.6 cm³/mol. The van der Waals surface area contributed by atoms with Gasteiger partial charge in [-0.25, -0.2) is 4.98 Å². The normalized spacial score (nSPS) is 10.0. The van der Waals surface area contributed by atoms with Crippen molar-refractivity contribution in [3.8, 4) is 0 Å². The van der Waals surface area contributed by atoms with E-state index in [1.54, 1.807) is 0 Å². The highest BCUT2D eigenvalue weighted by Gasteiger charge is 1.98. The molecule has 0 aliphatic heterocycles. The number of nitrogen functional groups attached to an aromatic ring is 1. The first-order valence-corrected chi connectivity index (χ1v) is 4.32. The summed E-state index contributed by atoms with van der Waals surface area (Å²) in [4.78, 5) is 4.23. The van der Waals surface area contributed by atoms with Gasteiger partial charge in [-0.15, -0.1) is 0 Å². The average Bonchev–Trinajstić information content (AvgIpc) is 2.11. The Morgan fingerprint density at radius 2 is 2.31 bits per heavy atom. The van der Waals surface area contributed by atoms with E-state index in [0.29, 0.717) is 24.5 Å². The number of nitrogens with two attached hydrogens (primary N) is 1. The van der Waals surface area contributed by atoms with Crippen LogP contribution in [-0.2, 0) is 0 Å². The van der Waals surface area contributed by atoms with Crippen LogP contribution in [0.15, 0.2) is 12.1 Å². The van der Waals surface area contributed by atoms with Gasteiger partial charge in [0.1, 0.15) is 5.82 Å². The first kappa shape index (κ1) is 9.80. The SMILES string of the molecule is Cc1ccc(N)c(NCCCO)n1. The van der Waals surface area contributed by atoms with Crippen LogP contribution in [0.1, 0.15) is 12.1 Å². The molecular weight excluding hydrogens is 166 g/mol. The minimum Gasteiger partial charge on any atom is -0.396 e. The smallest absolute Gasteiger partial charge is 0.149 e. The van der Waals surface area contributed by atoms with Gasteiger partial charge in [0.15, 0.2) is 0 Å². The van der Waals surface area contributed by atoms with Crippen molar-refractivity contribution in [3.63, 3.8) is 0 Å². The van der Waals surface area contributed by atoms with Crippen LogP contribution >= 0.6 is 0 Å². The van der Waals surface area contributed by atoms with E-state index in [1.165, 1.54) is 0 Å². The number of nitrogens with zero attached hydrogens (tertiary/aromatic N) is 1. The van der Waals surface area contributed by atoms with Crippen LogP contribution in [0.4, 0.5) is 11.5 Å². The molecule has 0 atom stereocenters. The molecule has 0 aromatic carbocycles. The third-order valence-corrected chi connectivity index (χ3v) is 1.69. The molecule has 13 heavy (non-hydrogen) atoms. The van der Waals surface area contributed by atoms with Crippen molar-refractivity contribution in [3.05, 3.63) is 17.8 Å². The highest BCUT2D eigenvalue weighted by Crippen LogP contribution is 2.14. The number of aliphatic hydroxyl groups is 1. The maximum Gasteiger partial charge on any atom is 0.149 e. The number of hydrogen-bond acceptors (Lipinski definition) is 4. The lowest BCUT2D eigenvalue weighted by Gasteiger charge is -2.07. The number of hydrogen-bond donors (Lipinski definition) is 3. The molecule has 1 aromatic heterocycles. The van der Waals surface area contributed by atoms with Gasteiger partial charge in [0, 0.05) is 18.8 Å². The molecule has 4 heteroatoms. The Hall–Kier alpha value is -1.29. The summed E-state index contributed by atoms with van der Waals surface area (Å²) in [5.74, 6) is 0.702. The van der Waals surface area contributed by atoms with Crippen LogP contribution in [0.3, 0.4) is 0 Å². The zero-order chi connectivity index (χ0) is 9.68. The van der Waals surface area contributed by atoms with Crippen molar-refractivity contribution in [2.75, 3.05) is 24.2 Å². The van der Waals surface area contributed by atoms with Gasteiger partial charge >= 0.3 is 0 Å². The van der Waals surface area contributed by atoms with E-state index in [4.69, 9.17) is 10.8 Å². The van der Waals surface area contributed by atoms with Gasteiger partial charge in [-0.1, -0.05) is 0 Å². The fraction of sp³-hybridized carbons (Fsp3) is 0.444. The molecule has 0 bridgehead atoms. The van der Waals surface area contributed by atoms with Crippen molar-refractivity contribution in [1.82, 2.24) is 4.98 Å². The van der Waals surface area contributed by atoms with Gasteiger partial charge in [-0.2, -0.15) is 0 Å². The quantitative estimate of drug-likeness (QED) is 0.600. The van der Waals surface area contributed by atoms with E-state index in [9.17, 15) is 0 Å². The van der Waals surface area contributed by atoms with Crippen LogP contribution in [0.2, 0.25) is 0 Å². The molecular formula is C9H15N3O. The topological polar surface area (TPSA) is 71.2 Å². The number of aryl methyl sites for hydroxylation is 1. The summed E-state index contributed by atoms with van der Waals surface area (Å²) in [5.41, 5.74) is 7.26. The average molecular weight is 181 g/mol. The van der Waals surface area contributed by atoms with Crippen LogP contribution in [0, 0.1) is 6.92 Å². The first-order chi connectivity index (χ1) is 6.24. The molecule has 1 heterocycles. The molecule has 0 spiro atoms. The molecule has 0 aliphatic rings. The standard InChI is InChI=1S/C9H15N3O/c1-7-3-4-8(10)9(12-7)11-5-2-6-13/h3-4,13H,2,5-6,10H2,1H3,(H,11,12). The molecule has 4 N–H and O–H groups in total. The Morgan fingerprint density at radius 1 is 1.54 bits per heavy atom. The molecule has 0 fully saturated rings. The van der Waals surface area contributed by atoms with E-state index >= 15 is 0 Å². The maximum absolute atomic E-state index is 8.58. The van der Waals surface area contributed by atoms with Crippen molar-refractivity contribution in [2.24, 2.45) is 0 Å². The van der Waals surface area contributed by atoms with Crippen molar-refractivity contribution in [1.29, 1.82) is 0 Å². The minimum absolute atomic E-state index is 0.179. The monoisotopic (exact) mass is 181 g/mol. The molecule has 0 unspecified atom stereocenters. The third-order valence-electron chi connectivity index (χ3n) is 1.69. The minimum atomic E-state index is 0.179. The summed E-state index contributed by atoms with van der Waals surface area (Å²) < 4.78 is 0. The van der Waals surface area contributed by atoms with Gasteiger partial charge in [0.25, 0.3) is 0 Å². The lowest BCUT2D eigenvalue weighted by Crippen LogP contribution is -2.07. The Bertz CT molecular complexity index is 276. The van der Waals surface area contributed by atoms with Crippen molar-refractivity contribution in [2.45, 2.75) is 13.3 Å². The molecule has 1 rings (SSSR count). The number of rotatable bonds is 4. The summed E-state index contributed by atoms with van der Waals surface area (Å²) in [6.07, 6.45) is 0.703. The highest BCUT2D eigenvalue weighted by atomic mass is 16.3. The van der Waals surface area contributed by atoms with Gasteiger partial charge in [-0.05, 0) is 25.5 Å². The summed E-state index contributed by atoms with van der Waals surface area (Å²) in [5, 5.41) is 11.6. The first-order valence-electron chi connectivity index (χ1n) is 4.32. The number of pyridine rings is 1. The molecule has 0 saturated carbocycles. The van der Waals surface area contributed by atoms with E-state index in [-0.39, 0.29) is 6.61 Å². The largest absolute Gasteiger partial charge is 0.396 e. The summed E-state index contributed by atoms with van der Waals surface area (Å²) in [6.45, 7) is 2.78. The highest BCUT2D eigenvalue weighted by molar-refractivity contribution is 5.61. The van der Waals surface area contributed by atoms with Gasteiger partial charge in [-0.3, -0.25) is 0 Å².